The first-order valence-corrected chi connectivity index (χ1v) is 7.10. The Bertz CT molecular complexity index is 620. The Kier molecular flexibility index (Phi) is 4.15. The van der Waals surface area contributed by atoms with Crippen molar-refractivity contribution in [1.29, 1.82) is 5.26 Å². The summed E-state index contributed by atoms with van der Waals surface area (Å²) >= 11 is 5.34. The van der Waals surface area contributed by atoms with Crippen LogP contribution in [0, 0.1) is 11.3 Å². The minimum Gasteiger partial charge on any atom is -0.207 e. The molecule has 0 saturated carbocycles. The third-order valence-electron chi connectivity index (χ3n) is 2.04. The summed E-state index contributed by atoms with van der Waals surface area (Å²) in [4.78, 5) is -0.800. The molecule has 0 saturated heterocycles. The summed E-state index contributed by atoms with van der Waals surface area (Å²) in [6, 6.07) is 2.73. The number of nitriles is 1. The molecular formula is C9H4Cl2F3NO2S. The van der Waals surface area contributed by atoms with Crippen LogP contribution in [0.4, 0.5) is 13.2 Å². The molecule has 0 fully saturated rings. The smallest absolute Gasteiger partial charge is 0.207 e. The van der Waals surface area contributed by atoms with E-state index in [0.717, 1.165) is 6.07 Å². The Morgan fingerprint density at radius 1 is 1.33 bits per heavy atom. The van der Waals surface area contributed by atoms with E-state index < -0.39 is 42.7 Å². The fourth-order valence-electron chi connectivity index (χ4n) is 1.32. The maximum absolute atomic E-state index is 12.7. The zero-order valence-electron chi connectivity index (χ0n) is 8.42. The largest absolute Gasteiger partial charge is 0.416 e. The summed E-state index contributed by atoms with van der Waals surface area (Å²) in [6.07, 6.45) is -4.83. The minimum absolute atomic E-state index is 0.463. The van der Waals surface area contributed by atoms with Crippen LogP contribution in [0.2, 0.25) is 0 Å². The number of benzene rings is 1. The highest BCUT2D eigenvalue weighted by Gasteiger charge is 2.36. The summed E-state index contributed by atoms with van der Waals surface area (Å²) in [5, 5.41) is 8.59. The molecule has 0 spiro atoms. The standard InChI is InChI=1S/C9H4Cl2F3NO2S/c10-3-6-7(9(12,13)14)1-5(4-15)2-8(6)18(11,16)17/h1-2H,3H2. The van der Waals surface area contributed by atoms with Crippen molar-refractivity contribution >= 4 is 31.3 Å². The highest BCUT2D eigenvalue weighted by molar-refractivity contribution is 8.13. The highest BCUT2D eigenvalue weighted by Crippen LogP contribution is 2.37. The first kappa shape index (κ1) is 15.1. The third kappa shape index (κ3) is 3.07. The molecule has 0 aliphatic heterocycles. The van der Waals surface area contributed by atoms with Crippen LogP contribution < -0.4 is 0 Å². The number of nitrogens with zero attached hydrogens (tertiary/aromatic N) is 1. The quantitative estimate of drug-likeness (QED) is 0.621. The molecule has 0 aliphatic rings. The molecule has 0 N–H and O–H groups in total. The zero-order chi connectivity index (χ0) is 14.1. The summed E-state index contributed by atoms with van der Waals surface area (Å²) in [5.41, 5.74) is -2.41. The Balaban J connectivity index is 3.79. The molecule has 0 aliphatic carbocycles. The van der Waals surface area contributed by atoms with Gasteiger partial charge >= 0.3 is 6.18 Å². The van der Waals surface area contributed by atoms with Crippen molar-refractivity contribution in [2.24, 2.45) is 0 Å². The second-order valence-corrected chi connectivity index (χ2v) is 5.98. The summed E-state index contributed by atoms with van der Waals surface area (Å²) in [7, 11) is 0.606. The molecule has 0 bridgehead atoms. The Morgan fingerprint density at radius 3 is 2.22 bits per heavy atom. The lowest BCUT2D eigenvalue weighted by Gasteiger charge is -2.14. The van der Waals surface area contributed by atoms with E-state index in [-0.39, 0.29) is 0 Å². The van der Waals surface area contributed by atoms with Gasteiger partial charge in [0.15, 0.2) is 0 Å². The van der Waals surface area contributed by atoms with Crippen LogP contribution in [0.5, 0.6) is 0 Å². The van der Waals surface area contributed by atoms with Crippen molar-refractivity contribution < 1.29 is 21.6 Å². The van der Waals surface area contributed by atoms with Crippen LogP contribution in [0.1, 0.15) is 16.7 Å². The maximum Gasteiger partial charge on any atom is 0.416 e. The molecular weight excluding hydrogens is 314 g/mol. The second-order valence-electron chi connectivity index (χ2n) is 3.18. The monoisotopic (exact) mass is 317 g/mol. The van der Waals surface area contributed by atoms with Crippen molar-refractivity contribution in [3.63, 3.8) is 0 Å². The van der Waals surface area contributed by atoms with Crippen LogP contribution in [-0.2, 0) is 21.1 Å². The van der Waals surface area contributed by atoms with Gasteiger partial charge in [0.1, 0.15) is 0 Å². The first-order valence-electron chi connectivity index (χ1n) is 4.26. The molecule has 0 radical (unpaired) electrons. The molecule has 0 heterocycles. The summed E-state index contributed by atoms with van der Waals surface area (Å²) < 4.78 is 60.5. The molecule has 1 aromatic carbocycles. The molecule has 9 heteroatoms. The first-order chi connectivity index (χ1) is 8.11. The van der Waals surface area contributed by atoms with Crippen molar-refractivity contribution in [1.82, 2.24) is 0 Å². The van der Waals surface area contributed by atoms with Crippen LogP contribution in [0.25, 0.3) is 0 Å². The van der Waals surface area contributed by atoms with Gasteiger partial charge in [-0.1, -0.05) is 0 Å². The van der Waals surface area contributed by atoms with E-state index in [1.54, 1.807) is 0 Å². The van der Waals surface area contributed by atoms with Crippen LogP contribution in [-0.4, -0.2) is 8.42 Å². The van der Waals surface area contributed by atoms with Crippen molar-refractivity contribution in [2.45, 2.75) is 17.0 Å². The van der Waals surface area contributed by atoms with E-state index in [0.29, 0.717) is 6.07 Å². The predicted molar refractivity (Wildman–Crippen MR) is 58.8 cm³/mol. The fourth-order valence-corrected chi connectivity index (χ4v) is 2.84. The molecule has 98 valence electrons. The SMILES string of the molecule is N#Cc1cc(C(F)(F)F)c(CCl)c(S(=O)(=O)Cl)c1. The maximum atomic E-state index is 12.7. The molecule has 0 unspecified atom stereocenters. The van der Waals surface area contributed by atoms with Gasteiger partial charge in [-0.05, 0) is 17.7 Å². The lowest BCUT2D eigenvalue weighted by Crippen LogP contribution is -2.12. The van der Waals surface area contributed by atoms with Gasteiger partial charge < -0.3 is 0 Å². The summed E-state index contributed by atoms with van der Waals surface area (Å²) in [5.74, 6) is -0.693. The van der Waals surface area contributed by atoms with Gasteiger partial charge in [0, 0.05) is 16.6 Å². The highest BCUT2D eigenvalue weighted by atomic mass is 35.7. The van der Waals surface area contributed by atoms with E-state index in [9.17, 15) is 21.6 Å². The average Bonchev–Trinajstić information content (AvgIpc) is 2.24. The van der Waals surface area contributed by atoms with Gasteiger partial charge in [-0.2, -0.15) is 18.4 Å². The Hall–Kier alpha value is -0.970. The average molecular weight is 318 g/mol. The van der Waals surface area contributed by atoms with Crippen molar-refractivity contribution in [2.75, 3.05) is 0 Å². The molecule has 3 nitrogen and oxygen atoms in total. The normalized spacial score (nSPS) is 12.2. The fraction of sp³-hybridized carbons (Fsp3) is 0.222. The van der Waals surface area contributed by atoms with Gasteiger partial charge in [0.25, 0.3) is 9.05 Å². The molecule has 0 amide bonds. The van der Waals surface area contributed by atoms with Gasteiger partial charge in [-0.25, -0.2) is 8.42 Å². The Morgan fingerprint density at radius 2 is 1.89 bits per heavy atom. The second kappa shape index (κ2) is 4.96. The number of hydrogen-bond acceptors (Lipinski definition) is 3. The number of alkyl halides is 4. The minimum atomic E-state index is -4.83. The van der Waals surface area contributed by atoms with E-state index in [2.05, 4.69) is 0 Å². The molecule has 0 aromatic heterocycles. The van der Waals surface area contributed by atoms with E-state index in [1.807, 2.05) is 0 Å². The molecule has 1 rings (SSSR count). The number of halogens is 5. The predicted octanol–water partition coefficient (Wildman–Crippen LogP) is 3.24. The van der Waals surface area contributed by atoms with Crippen LogP contribution in [0.15, 0.2) is 17.0 Å². The Labute approximate surface area is 110 Å². The van der Waals surface area contributed by atoms with Gasteiger partial charge in [0.2, 0.25) is 0 Å². The van der Waals surface area contributed by atoms with E-state index in [1.165, 1.54) is 6.07 Å². The number of hydrogen-bond donors (Lipinski definition) is 0. The zero-order valence-corrected chi connectivity index (χ0v) is 10.8. The van der Waals surface area contributed by atoms with Gasteiger partial charge in [-0.3, -0.25) is 0 Å². The lowest BCUT2D eigenvalue weighted by molar-refractivity contribution is -0.138. The molecule has 18 heavy (non-hydrogen) atoms. The third-order valence-corrected chi connectivity index (χ3v) is 3.70. The lowest BCUT2D eigenvalue weighted by atomic mass is 10.0. The van der Waals surface area contributed by atoms with Crippen LogP contribution in [0.3, 0.4) is 0 Å². The van der Waals surface area contributed by atoms with Crippen molar-refractivity contribution in [3.8, 4) is 6.07 Å². The van der Waals surface area contributed by atoms with Gasteiger partial charge in [-0.15, -0.1) is 11.6 Å². The summed E-state index contributed by atoms with van der Waals surface area (Å²) in [6.45, 7) is 0. The van der Waals surface area contributed by atoms with E-state index in [4.69, 9.17) is 27.5 Å². The number of rotatable bonds is 2. The van der Waals surface area contributed by atoms with Crippen molar-refractivity contribution in [3.05, 3.63) is 28.8 Å². The van der Waals surface area contributed by atoms with E-state index >= 15 is 0 Å². The van der Waals surface area contributed by atoms with Gasteiger partial charge in [0.05, 0.1) is 22.1 Å². The molecule has 0 atom stereocenters. The van der Waals surface area contributed by atoms with Crippen LogP contribution >= 0.6 is 22.3 Å². The molecule has 1 aromatic rings. The topological polar surface area (TPSA) is 57.9 Å².